The molecule has 0 saturated heterocycles. The van der Waals surface area contributed by atoms with E-state index in [4.69, 9.17) is 9.72 Å². The number of pyridine rings is 1. The Hall–Kier alpha value is -4.73. The second-order valence-corrected chi connectivity index (χ2v) is 12.6. The minimum atomic E-state index is 0.233. The van der Waals surface area contributed by atoms with E-state index in [1.807, 2.05) is 36.5 Å². The molecule has 5 nitrogen and oxygen atoms in total. The Bertz CT molecular complexity index is 2150. The van der Waals surface area contributed by atoms with E-state index in [1.165, 1.54) is 27.5 Å². The van der Waals surface area contributed by atoms with Gasteiger partial charge in [-0.05, 0) is 13.0 Å². The van der Waals surface area contributed by atoms with Crippen LogP contribution in [0.25, 0.3) is 27.6 Å². The normalized spacial score (nSPS) is 16.2. The number of anilines is 3. The molecular formula is C40H36N4OPt. The molecule has 0 radical (unpaired) electrons. The zero-order chi connectivity index (χ0) is 31.8. The van der Waals surface area contributed by atoms with E-state index in [-0.39, 0.29) is 6.04 Å². The Morgan fingerprint density at radius 2 is 1.65 bits per heavy atom. The number of allylic oxidation sites excluding steroid dienone is 2. The number of hydrogen-bond donors (Lipinski definition) is 1. The summed E-state index contributed by atoms with van der Waals surface area (Å²) in [5.74, 6) is 2.81. The summed E-state index contributed by atoms with van der Waals surface area (Å²) in [6, 6.07) is 35.8. The van der Waals surface area contributed by atoms with Gasteiger partial charge in [0, 0.05) is 6.20 Å². The van der Waals surface area contributed by atoms with Crippen molar-refractivity contribution in [3.05, 3.63) is 138 Å². The van der Waals surface area contributed by atoms with E-state index in [1.54, 1.807) is 0 Å². The summed E-state index contributed by atoms with van der Waals surface area (Å²) in [6.07, 6.45) is 6.45. The summed E-state index contributed by atoms with van der Waals surface area (Å²) in [5.41, 5.74) is 9.28. The maximum atomic E-state index is 6.56. The first kappa shape index (κ1) is 30.0. The number of nitrogens with one attached hydrogen (secondary N) is 1. The Morgan fingerprint density at radius 3 is 2.46 bits per heavy atom. The predicted molar refractivity (Wildman–Crippen MR) is 189 cm³/mol. The van der Waals surface area contributed by atoms with Gasteiger partial charge >= 0.3 is 245 Å². The van der Waals surface area contributed by atoms with Crippen molar-refractivity contribution < 1.29 is 24.1 Å². The third kappa shape index (κ3) is 5.61. The molecule has 2 unspecified atom stereocenters. The van der Waals surface area contributed by atoms with Gasteiger partial charge in [0.05, 0.1) is 0 Å². The third-order valence-electron chi connectivity index (χ3n) is 8.73. The molecule has 1 aliphatic carbocycles. The average Bonchev–Trinajstić information content (AvgIpc) is 3.39. The molecule has 2 aromatic heterocycles. The van der Waals surface area contributed by atoms with Crippen molar-refractivity contribution in [3.8, 4) is 17.3 Å². The molecule has 0 aliphatic heterocycles. The number of fused-ring (bicyclic) bond motifs is 3. The van der Waals surface area contributed by atoms with Crippen LogP contribution in [0.5, 0.6) is 11.5 Å². The Kier molecular flexibility index (Phi) is 8.19. The number of nitrogens with zero attached hydrogens (tertiary/aromatic N) is 3. The van der Waals surface area contributed by atoms with Crippen molar-refractivity contribution in [1.29, 1.82) is 0 Å². The first-order valence-electron chi connectivity index (χ1n) is 15.6. The van der Waals surface area contributed by atoms with Crippen molar-refractivity contribution in [2.24, 2.45) is 5.92 Å². The van der Waals surface area contributed by atoms with Crippen molar-refractivity contribution in [2.75, 3.05) is 10.2 Å². The summed E-state index contributed by atoms with van der Waals surface area (Å²) in [7, 11) is 0. The number of para-hydroxylation sites is 2. The number of hydrogen-bond acceptors (Lipinski definition) is 4. The maximum absolute atomic E-state index is 6.56. The fourth-order valence-corrected chi connectivity index (χ4v) is 7.38. The number of aromatic nitrogens is 2. The summed E-state index contributed by atoms with van der Waals surface area (Å²) < 4.78 is 10.9. The molecule has 1 aliphatic rings. The van der Waals surface area contributed by atoms with Crippen LogP contribution >= 0.6 is 0 Å². The molecular weight excluding hydrogens is 748 g/mol. The number of benzene rings is 4. The van der Waals surface area contributed by atoms with Crippen molar-refractivity contribution in [1.82, 2.24) is 9.55 Å². The van der Waals surface area contributed by atoms with Crippen LogP contribution in [0.1, 0.15) is 26.3 Å². The van der Waals surface area contributed by atoms with E-state index < -0.39 is 0 Å². The van der Waals surface area contributed by atoms with Gasteiger partial charge < -0.3 is 0 Å². The van der Waals surface area contributed by atoms with E-state index >= 15 is 0 Å². The van der Waals surface area contributed by atoms with Crippen LogP contribution in [0.3, 0.4) is 0 Å². The van der Waals surface area contributed by atoms with Crippen molar-refractivity contribution in [2.45, 2.75) is 33.7 Å². The molecule has 2 heterocycles. The predicted octanol–water partition coefficient (Wildman–Crippen LogP) is 10.0. The van der Waals surface area contributed by atoms with Crippen molar-refractivity contribution in [3.63, 3.8) is 0 Å². The number of ether oxygens (including phenoxy) is 1. The molecule has 7 rings (SSSR count). The number of rotatable bonds is 8. The van der Waals surface area contributed by atoms with Crippen LogP contribution < -0.4 is 15.0 Å². The van der Waals surface area contributed by atoms with Crippen LogP contribution in [-0.4, -0.2) is 20.1 Å². The topological polar surface area (TPSA) is 42.3 Å². The van der Waals surface area contributed by atoms with Crippen LogP contribution in [0, 0.1) is 12.8 Å². The van der Waals surface area contributed by atoms with E-state index in [9.17, 15) is 0 Å². The van der Waals surface area contributed by atoms with Gasteiger partial charge in [-0.1, -0.05) is 18.2 Å². The number of aryl methyl sites for hydroxylation is 1. The van der Waals surface area contributed by atoms with Gasteiger partial charge in [0.1, 0.15) is 0 Å². The molecule has 0 amide bonds. The molecule has 46 heavy (non-hydrogen) atoms. The average molecular weight is 784 g/mol. The molecule has 0 spiro atoms. The SMILES string of the molecule is CC1=CC(C)C(Nc2ccccc2N([CH]=[Pt])c2cccc(Oc3ccc4c5c(C)cccc5n(-c5ccccn5)c4c3)c2)C(C)=C1. The van der Waals surface area contributed by atoms with Crippen LogP contribution in [-0.2, 0) is 19.4 Å². The molecule has 2 atom stereocenters. The zero-order valence-electron chi connectivity index (χ0n) is 26.3. The Balaban J connectivity index is 1.22. The standard InChI is InChI=1S/C40H36N4O.Pt/c1-26-22-28(3)40(29(4)23-26)42-34-15-6-7-16-35(34)43(5)30-13-11-14-31(24-30)45-32-19-20-33-37(25-32)44(38-18-8-9-21-41-38)36-17-10-12-27(2)39(33)36;/h5-25,28,40,42H,1-4H3;. The first-order chi connectivity index (χ1) is 22.4. The quantitative estimate of drug-likeness (QED) is 0.167. The molecule has 1 N–H and O–H groups in total. The van der Waals surface area contributed by atoms with Crippen molar-refractivity contribution >= 4 is 43.4 Å². The second-order valence-electron chi connectivity index (χ2n) is 12.0. The molecule has 6 aromatic rings. The first-order valence-corrected chi connectivity index (χ1v) is 16.9. The summed E-state index contributed by atoms with van der Waals surface area (Å²) in [6.45, 7) is 8.82. The minimum absolute atomic E-state index is 0.233. The molecule has 0 bridgehead atoms. The third-order valence-corrected chi connectivity index (χ3v) is 9.32. The van der Waals surface area contributed by atoms with Gasteiger partial charge in [-0.3, -0.25) is 0 Å². The Morgan fingerprint density at radius 1 is 0.848 bits per heavy atom. The van der Waals surface area contributed by atoms with Gasteiger partial charge in [0.2, 0.25) is 0 Å². The summed E-state index contributed by atoms with van der Waals surface area (Å²) in [5, 5.41) is 6.25. The summed E-state index contributed by atoms with van der Waals surface area (Å²) in [4.78, 5) is 6.89. The van der Waals surface area contributed by atoms with Crippen LogP contribution in [0.4, 0.5) is 17.1 Å². The fourth-order valence-electron chi connectivity index (χ4n) is 6.73. The van der Waals surface area contributed by atoms with Crippen LogP contribution in [0.15, 0.2) is 133 Å². The van der Waals surface area contributed by atoms with Gasteiger partial charge in [-0.25, -0.2) is 0 Å². The van der Waals surface area contributed by atoms with Crippen LogP contribution in [0.2, 0.25) is 0 Å². The summed E-state index contributed by atoms with van der Waals surface area (Å²) >= 11 is 2.30. The van der Waals surface area contributed by atoms with E-state index in [0.717, 1.165) is 45.4 Å². The molecule has 232 valence electrons. The molecule has 4 aromatic carbocycles. The van der Waals surface area contributed by atoms with Gasteiger partial charge in [-0.2, -0.15) is 0 Å². The van der Waals surface area contributed by atoms with Gasteiger partial charge in [0.15, 0.2) is 0 Å². The van der Waals surface area contributed by atoms with Gasteiger partial charge in [-0.15, -0.1) is 0 Å². The molecule has 0 fully saturated rings. The van der Waals surface area contributed by atoms with E-state index in [0.29, 0.717) is 5.92 Å². The Labute approximate surface area is 281 Å². The molecule has 0 saturated carbocycles. The second kappa shape index (κ2) is 12.6. The zero-order valence-corrected chi connectivity index (χ0v) is 28.6. The van der Waals surface area contributed by atoms with Gasteiger partial charge in [0.25, 0.3) is 0 Å². The fraction of sp³-hybridized carbons (Fsp3) is 0.150. The monoisotopic (exact) mass is 783 g/mol. The molecule has 6 heteroatoms. The van der Waals surface area contributed by atoms with E-state index in [2.05, 4.69) is 151 Å².